The highest BCUT2D eigenvalue weighted by Gasteiger charge is 2.11. The third-order valence-corrected chi connectivity index (χ3v) is 4.38. The van der Waals surface area contributed by atoms with Gasteiger partial charge in [0.2, 0.25) is 5.91 Å². The zero-order valence-corrected chi connectivity index (χ0v) is 14.1. The van der Waals surface area contributed by atoms with Crippen LogP contribution in [-0.2, 0) is 17.9 Å². The lowest BCUT2D eigenvalue weighted by molar-refractivity contribution is -0.119. The maximum Gasteiger partial charge on any atom is 0.217 e. The molecule has 1 N–H and O–H groups in total. The molecule has 0 radical (unpaired) electrons. The average Bonchev–Trinajstić information content (AvgIpc) is 2.97. The smallest absolute Gasteiger partial charge is 0.217 e. The van der Waals surface area contributed by atoms with Gasteiger partial charge in [-0.2, -0.15) is 0 Å². The molecule has 0 unspecified atom stereocenters. The minimum atomic E-state index is -0.0516. The number of benzene rings is 3. The van der Waals surface area contributed by atoms with Crippen LogP contribution in [-0.4, -0.2) is 15.5 Å². The van der Waals surface area contributed by atoms with E-state index in [1.165, 1.54) is 23.3 Å². The molecule has 0 bridgehead atoms. The summed E-state index contributed by atoms with van der Waals surface area (Å²) in [6.45, 7) is 2.67. The minimum Gasteiger partial charge on any atom is -0.349 e. The number of imidazole rings is 1. The van der Waals surface area contributed by atoms with Gasteiger partial charge >= 0.3 is 0 Å². The van der Waals surface area contributed by atoms with Crippen LogP contribution in [0.1, 0.15) is 18.3 Å². The van der Waals surface area contributed by atoms with Gasteiger partial charge in [-0.25, -0.2) is 4.98 Å². The summed E-state index contributed by atoms with van der Waals surface area (Å²) in [5, 5.41) is 5.32. The maximum absolute atomic E-state index is 11.3. The van der Waals surface area contributed by atoms with Crippen molar-refractivity contribution in [2.45, 2.75) is 20.0 Å². The molecule has 1 aromatic heterocycles. The number of carbonyl (C=O) groups is 1. The van der Waals surface area contributed by atoms with E-state index in [2.05, 4.69) is 58.4 Å². The first-order valence-corrected chi connectivity index (χ1v) is 8.37. The number of nitrogens with one attached hydrogen (secondary N) is 1. The molecule has 1 heterocycles. The Morgan fingerprint density at radius 1 is 1.00 bits per heavy atom. The Kier molecular flexibility index (Phi) is 3.94. The van der Waals surface area contributed by atoms with E-state index in [1.54, 1.807) is 0 Å². The van der Waals surface area contributed by atoms with Gasteiger partial charge in [0.15, 0.2) is 0 Å². The molecule has 4 heteroatoms. The predicted octanol–water partition coefficient (Wildman–Crippen LogP) is 3.87. The lowest BCUT2D eigenvalue weighted by Gasteiger charge is -2.11. The van der Waals surface area contributed by atoms with Crippen LogP contribution in [0.3, 0.4) is 0 Å². The quantitative estimate of drug-likeness (QED) is 0.618. The fourth-order valence-electron chi connectivity index (χ4n) is 3.16. The van der Waals surface area contributed by atoms with Crippen molar-refractivity contribution in [3.63, 3.8) is 0 Å². The Morgan fingerprint density at radius 2 is 1.76 bits per heavy atom. The van der Waals surface area contributed by atoms with Gasteiger partial charge in [-0.3, -0.25) is 4.79 Å². The summed E-state index contributed by atoms with van der Waals surface area (Å²) < 4.78 is 2.18. The third kappa shape index (κ3) is 3.11. The molecule has 4 nitrogen and oxygen atoms in total. The molecule has 1 amide bonds. The van der Waals surface area contributed by atoms with Crippen molar-refractivity contribution in [1.82, 2.24) is 14.9 Å². The molecule has 0 spiro atoms. The number of hydrogen-bond acceptors (Lipinski definition) is 2. The number of nitrogens with zero attached hydrogens (tertiary/aromatic N) is 2. The SMILES string of the molecule is CC(=O)NCc1nc2ccccc2n1Cc1ccc2ccccc2c1. The first-order valence-electron chi connectivity index (χ1n) is 8.37. The van der Waals surface area contributed by atoms with Crippen molar-refractivity contribution in [3.05, 3.63) is 78.1 Å². The molecule has 0 atom stereocenters. The Hall–Kier alpha value is -3.14. The molecule has 25 heavy (non-hydrogen) atoms. The summed E-state index contributed by atoms with van der Waals surface area (Å²) >= 11 is 0. The van der Waals surface area contributed by atoms with Crippen molar-refractivity contribution in [1.29, 1.82) is 0 Å². The fourth-order valence-corrected chi connectivity index (χ4v) is 3.16. The first-order chi connectivity index (χ1) is 12.2. The van der Waals surface area contributed by atoms with Crippen molar-refractivity contribution >= 4 is 27.7 Å². The van der Waals surface area contributed by atoms with Crippen LogP contribution < -0.4 is 5.32 Å². The van der Waals surface area contributed by atoms with Gasteiger partial charge in [0, 0.05) is 13.5 Å². The molecule has 4 aromatic rings. The van der Waals surface area contributed by atoms with E-state index in [0.717, 1.165) is 23.4 Å². The number of rotatable bonds is 4. The largest absolute Gasteiger partial charge is 0.349 e. The van der Waals surface area contributed by atoms with E-state index in [-0.39, 0.29) is 5.91 Å². The van der Waals surface area contributed by atoms with Gasteiger partial charge in [-0.05, 0) is 34.5 Å². The minimum absolute atomic E-state index is 0.0516. The van der Waals surface area contributed by atoms with E-state index in [9.17, 15) is 4.79 Å². The molecular weight excluding hydrogens is 310 g/mol. The van der Waals surface area contributed by atoms with Crippen molar-refractivity contribution < 1.29 is 4.79 Å². The third-order valence-electron chi connectivity index (χ3n) is 4.38. The summed E-state index contributed by atoms with van der Waals surface area (Å²) in [5.41, 5.74) is 3.24. The van der Waals surface area contributed by atoms with Crippen molar-refractivity contribution in [2.75, 3.05) is 0 Å². The fraction of sp³-hybridized carbons (Fsp3) is 0.143. The summed E-state index contributed by atoms with van der Waals surface area (Å²) in [7, 11) is 0. The molecule has 124 valence electrons. The summed E-state index contributed by atoms with van der Waals surface area (Å²) in [4.78, 5) is 16.0. The van der Waals surface area contributed by atoms with Crippen LogP contribution in [0.5, 0.6) is 0 Å². The Morgan fingerprint density at radius 3 is 2.60 bits per heavy atom. The van der Waals surface area contributed by atoms with Crippen LogP contribution in [0, 0.1) is 0 Å². The summed E-state index contributed by atoms with van der Waals surface area (Å²) in [5.74, 6) is 0.814. The maximum atomic E-state index is 11.3. The molecule has 3 aromatic carbocycles. The van der Waals surface area contributed by atoms with Crippen molar-refractivity contribution in [2.24, 2.45) is 0 Å². The molecule has 4 rings (SSSR count). The normalized spacial score (nSPS) is 11.1. The second kappa shape index (κ2) is 6.40. The second-order valence-corrected chi connectivity index (χ2v) is 6.19. The van der Waals surface area contributed by atoms with Gasteiger partial charge in [-0.15, -0.1) is 0 Å². The molecule has 0 saturated carbocycles. The van der Waals surface area contributed by atoms with Gasteiger partial charge in [0.25, 0.3) is 0 Å². The molecular formula is C21H19N3O. The van der Waals surface area contributed by atoms with Gasteiger partial charge < -0.3 is 9.88 Å². The molecule has 0 aliphatic rings. The molecule has 0 saturated heterocycles. The van der Waals surface area contributed by atoms with Crippen LogP contribution in [0.15, 0.2) is 66.7 Å². The van der Waals surface area contributed by atoms with Gasteiger partial charge in [0.1, 0.15) is 5.82 Å². The highest BCUT2D eigenvalue weighted by atomic mass is 16.1. The lowest BCUT2D eigenvalue weighted by atomic mass is 10.1. The highest BCUT2D eigenvalue weighted by molar-refractivity contribution is 5.83. The van der Waals surface area contributed by atoms with Crippen molar-refractivity contribution in [3.8, 4) is 0 Å². The lowest BCUT2D eigenvalue weighted by Crippen LogP contribution is -2.21. The number of carbonyl (C=O) groups excluding carboxylic acids is 1. The summed E-state index contributed by atoms with van der Waals surface area (Å²) in [6, 6.07) is 22.9. The second-order valence-electron chi connectivity index (χ2n) is 6.19. The van der Waals surface area contributed by atoms with E-state index >= 15 is 0 Å². The summed E-state index contributed by atoms with van der Waals surface area (Å²) in [6.07, 6.45) is 0. The Balaban J connectivity index is 1.75. The Labute approximate surface area is 146 Å². The standard InChI is InChI=1S/C21H19N3O/c1-15(25)22-13-21-23-19-8-4-5-9-20(19)24(21)14-16-10-11-17-6-2-3-7-18(17)12-16/h2-12H,13-14H2,1H3,(H,22,25). The van der Waals surface area contributed by atoms with Crippen LogP contribution in [0.25, 0.3) is 21.8 Å². The molecule has 0 aliphatic carbocycles. The highest BCUT2D eigenvalue weighted by Crippen LogP contribution is 2.21. The van der Waals surface area contributed by atoms with E-state index in [4.69, 9.17) is 4.98 Å². The molecule has 0 aliphatic heterocycles. The van der Waals surface area contributed by atoms with Gasteiger partial charge in [-0.1, -0.05) is 48.5 Å². The van der Waals surface area contributed by atoms with E-state index in [1.807, 2.05) is 18.2 Å². The number of hydrogen-bond donors (Lipinski definition) is 1. The van der Waals surface area contributed by atoms with E-state index < -0.39 is 0 Å². The monoisotopic (exact) mass is 329 g/mol. The zero-order chi connectivity index (χ0) is 17.2. The average molecular weight is 329 g/mol. The van der Waals surface area contributed by atoms with Crippen LogP contribution >= 0.6 is 0 Å². The zero-order valence-electron chi connectivity index (χ0n) is 14.1. The molecule has 0 fully saturated rings. The predicted molar refractivity (Wildman–Crippen MR) is 100 cm³/mol. The van der Waals surface area contributed by atoms with E-state index in [0.29, 0.717) is 6.54 Å². The topological polar surface area (TPSA) is 46.9 Å². The number of amides is 1. The Bertz CT molecular complexity index is 1070. The van der Waals surface area contributed by atoms with Crippen LogP contribution in [0.2, 0.25) is 0 Å². The van der Waals surface area contributed by atoms with Crippen LogP contribution in [0.4, 0.5) is 0 Å². The number of aromatic nitrogens is 2. The van der Waals surface area contributed by atoms with Gasteiger partial charge in [0.05, 0.1) is 17.6 Å². The number of fused-ring (bicyclic) bond motifs is 2. The number of para-hydroxylation sites is 2. The first kappa shape index (κ1) is 15.4.